The number of hydrogen-bond donors (Lipinski definition) is 0. The van der Waals surface area contributed by atoms with Crippen LogP contribution >= 0.6 is 0 Å². The molecule has 0 aliphatic carbocycles. The minimum Gasteiger partial charge on any atom is -0.462 e. The molecular weight excluding hydrogens is 200 g/mol. The van der Waals surface area contributed by atoms with Crippen LogP contribution in [-0.4, -0.2) is 12.6 Å². The number of esters is 1. The van der Waals surface area contributed by atoms with Crippen LogP contribution in [0.5, 0.6) is 0 Å². The predicted molar refractivity (Wildman–Crippen MR) is 66.1 cm³/mol. The molecule has 1 aromatic carbocycles. The van der Waals surface area contributed by atoms with Crippen LogP contribution in [0.15, 0.2) is 30.8 Å². The summed E-state index contributed by atoms with van der Waals surface area (Å²) in [7, 11) is 0. The van der Waals surface area contributed by atoms with E-state index in [0.29, 0.717) is 12.2 Å². The van der Waals surface area contributed by atoms with Crippen LogP contribution in [0.1, 0.15) is 31.4 Å². The van der Waals surface area contributed by atoms with E-state index < -0.39 is 0 Å². The summed E-state index contributed by atoms with van der Waals surface area (Å²) in [4.78, 5) is 11.6. The topological polar surface area (TPSA) is 26.3 Å². The molecule has 0 saturated carbocycles. The predicted octanol–water partition coefficient (Wildman–Crippen LogP) is 3.22. The fraction of sp³-hybridized carbons (Fsp3) is 0.357. The van der Waals surface area contributed by atoms with Gasteiger partial charge in [0, 0.05) is 0 Å². The minimum atomic E-state index is -0.328. The highest BCUT2D eigenvalue weighted by atomic mass is 16.5. The molecule has 0 aliphatic rings. The van der Waals surface area contributed by atoms with Gasteiger partial charge in [0.15, 0.2) is 0 Å². The third-order valence-corrected chi connectivity index (χ3v) is 2.38. The van der Waals surface area contributed by atoms with Crippen molar-refractivity contribution >= 4 is 11.5 Å². The molecule has 0 spiro atoms. The number of hydrogen-bond acceptors (Lipinski definition) is 2. The molecule has 1 aromatic rings. The lowest BCUT2D eigenvalue weighted by atomic mass is 9.98. The van der Waals surface area contributed by atoms with Crippen molar-refractivity contribution in [1.29, 1.82) is 0 Å². The van der Waals surface area contributed by atoms with Crippen LogP contribution in [0.2, 0.25) is 0 Å². The summed E-state index contributed by atoms with van der Waals surface area (Å²) in [5, 5.41) is 0. The molecule has 0 fully saturated rings. The van der Waals surface area contributed by atoms with E-state index in [1.54, 1.807) is 6.92 Å². The highest BCUT2D eigenvalue weighted by Crippen LogP contribution is 2.20. The van der Waals surface area contributed by atoms with Gasteiger partial charge in [-0.2, -0.15) is 0 Å². The van der Waals surface area contributed by atoms with Crippen molar-refractivity contribution in [2.75, 3.05) is 6.61 Å². The summed E-state index contributed by atoms with van der Waals surface area (Å²) >= 11 is 0. The summed E-state index contributed by atoms with van der Waals surface area (Å²) < 4.78 is 4.95. The minimum absolute atomic E-state index is 0.328. The summed E-state index contributed by atoms with van der Waals surface area (Å²) in [6.45, 7) is 8.10. The molecule has 0 unspecified atom stereocenters. The lowest BCUT2D eigenvalue weighted by Crippen LogP contribution is -2.07. The molecule has 0 atom stereocenters. The first kappa shape index (κ1) is 12.5. The van der Waals surface area contributed by atoms with E-state index in [1.807, 2.05) is 24.3 Å². The first-order chi connectivity index (χ1) is 7.70. The normalized spacial score (nSPS) is 9.88. The molecule has 86 valence electrons. The van der Waals surface area contributed by atoms with Crippen LogP contribution < -0.4 is 0 Å². The van der Waals surface area contributed by atoms with Crippen molar-refractivity contribution in [3.05, 3.63) is 42.0 Å². The van der Waals surface area contributed by atoms with Gasteiger partial charge in [0.05, 0.1) is 12.2 Å². The van der Waals surface area contributed by atoms with Crippen molar-refractivity contribution in [1.82, 2.24) is 0 Å². The first-order valence-corrected chi connectivity index (χ1v) is 5.65. The molecule has 0 bridgehead atoms. The van der Waals surface area contributed by atoms with E-state index in [-0.39, 0.29) is 5.97 Å². The summed E-state index contributed by atoms with van der Waals surface area (Å²) in [5.74, 6) is -0.328. The fourth-order valence-corrected chi connectivity index (χ4v) is 1.63. The van der Waals surface area contributed by atoms with E-state index in [4.69, 9.17) is 4.74 Å². The summed E-state index contributed by atoms with van der Waals surface area (Å²) in [5.41, 5.74) is 2.51. The largest absolute Gasteiger partial charge is 0.462 e. The summed E-state index contributed by atoms with van der Waals surface area (Å²) in [6.07, 6.45) is 2.00. The number of carbonyl (C=O) groups is 1. The van der Waals surface area contributed by atoms with Crippen LogP contribution in [0.4, 0.5) is 0 Å². The first-order valence-electron chi connectivity index (χ1n) is 5.65. The van der Waals surface area contributed by atoms with Crippen LogP contribution in [0.25, 0.3) is 5.57 Å². The fourth-order valence-electron chi connectivity index (χ4n) is 1.63. The highest BCUT2D eigenvalue weighted by Gasteiger charge is 2.13. The quantitative estimate of drug-likeness (QED) is 0.560. The average Bonchev–Trinajstić information content (AvgIpc) is 2.29. The monoisotopic (exact) mass is 218 g/mol. The molecular formula is C14H18O2. The summed E-state index contributed by atoms with van der Waals surface area (Å²) in [6, 6.07) is 7.85. The van der Waals surface area contributed by atoms with Crippen molar-refractivity contribution in [2.24, 2.45) is 0 Å². The molecule has 0 saturated heterocycles. The Labute approximate surface area is 96.9 Å². The highest BCUT2D eigenvalue weighted by molar-refractivity contribution is 6.16. The molecule has 2 nitrogen and oxygen atoms in total. The molecule has 0 aromatic heterocycles. The van der Waals surface area contributed by atoms with Gasteiger partial charge in [-0.05, 0) is 24.5 Å². The lowest BCUT2D eigenvalue weighted by molar-refractivity contribution is -0.136. The number of rotatable bonds is 5. The number of benzene rings is 1. The van der Waals surface area contributed by atoms with E-state index >= 15 is 0 Å². The van der Waals surface area contributed by atoms with E-state index in [1.165, 1.54) is 0 Å². The SMILES string of the molecule is C=C(C(=O)OCC)c1ccccc1CCC. The molecule has 0 heterocycles. The number of carbonyl (C=O) groups excluding carboxylic acids is 1. The van der Waals surface area contributed by atoms with Gasteiger partial charge in [-0.15, -0.1) is 0 Å². The lowest BCUT2D eigenvalue weighted by Gasteiger charge is -2.10. The molecule has 0 aliphatic heterocycles. The number of ether oxygens (including phenoxy) is 1. The van der Waals surface area contributed by atoms with Crippen LogP contribution in [-0.2, 0) is 16.0 Å². The Balaban J connectivity index is 2.94. The number of aryl methyl sites for hydroxylation is 1. The maximum atomic E-state index is 11.6. The Morgan fingerprint density at radius 2 is 2.00 bits per heavy atom. The zero-order valence-electron chi connectivity index (χ0n) is 9.95. The van der Waals surface area contributed by atoms with Crippen LogP contribution in [0, 0.1) is 0 Å². The van der Waals surface area contributed by atoms with Crippen molar-refractivity contribution in [2.45, 2.75) is 26.7 Å². The van der Waals surface area contributed by atoms with Gasteiger partial charge in [0.2, 0.25) is 0 Å². The van der Waals surface area contributed by atoms with Gasteiger partial charge in [0.25, 0.3) is 0 Å². The Hall–Kier alpha value is -1.57. The van der Waals surface area contributed by atoms with Gasteiger partial charge >= 0.3 is 5.97 Å². The zero-order valence-corrected chi connectivity index (χ0v) is 9.95. The third-order valence-electron chi connectivity index (χ3n) is 2.38. The van der Waals surface area contributed by atoms with Gasteiger partial charge in [-0.1, -0.05) is 44.2 Å². The Morgan fingerprint density at radius 3 is 2.62 bits per heavy atom. The molecule has 0 radical (unpaired) electrons. The van der Waals surface area contributed by atoms with Crippen molar-refractivity contribution < 1.29 is 9.53 Å². The molecule has 1 rings (SSSR count). The second-order valence-electron chi connectivity index (χ2n) is 3.61. The average molecular weight is 218 g/mol. The van der Waals surface area contributed by atoms with Crippen molar-refractivity contribution in [3.63, 3.8) is 0 Å². The maximum Gasteiger partial charge on any atom is 0.338 e. The van der Waals surface area contributed by atoms with Gasteiger partial charge in [-0.25, -0.2) is 4.79 Å². The smallest absolute Gasteiger partial charge is 0.338 e. The standard InChI is InChI=1S/C14H18O2/c1-4-8-12-9-6-7-10-13(12)11(3)14(15)16-5-2/h6-7,9-10H,3-5,8H2,1-2H3. The van der Waals surface area contributed by atoms with E-state index in [2.05, 4.69) is 13.5 Å². The molecule has 0 amide bonds. The maximum absolute atomic E-state index is 11.6. The molecule has 2 heteroatoms. The van der Waals surface area contributed by atoms with Gasteiger partial charge < -0.3 is 4.74 Å². The molecule has 16 heavy (non-hydrogen) atoms. The van der Waals surface area contributed by atoms with Crippen LogP contribution in [0.3, 0.4) is 0 Å². The van der Waals surface area contributed by atoms with E-state index in [0.717, 1.165) is 24.0 Å². The van der Waals surface area contributed by atoms with Gasteiger partial charge in [0.1, 0.15) is 0 Å². The zero-order chi connectivity index (χ0) is 12.0. The Kier molecular flexibility index (Phi) is 4.77. The second-order valence-corrected chi connectivity index (χ2v) is 3.61. The van der Waals surface area contributed by atoms with Crippen molar-refractivity contribution in [3.8, 4) is 0 Å². The van der Waals surface area contributed by atoms with E-state index in [9.17, 15) is 4.79 Å². The third kappa shape index (κ3) is 2.96. The Bertz CT molecular complexity index is 380. The second kappa shape index (κ2) is 6.11. The van der Waals surface area contributed by atoms with Gasteiger partial charge in [-0.3, -0.25) is 0 Å². The molecule has 0 N–H and O–H groups in total. The Morgan fingerprint density at radius 1 is 1.31 bits per heavy atom.